The van der Waals surface area contributed by atoms with Gasteiger partial charge in [0.15, 0.2) is 0 Å². The second-order valence-corrected chi connectivity index (χ2v) is 7.09. The lowest BCUT2D eigenvalue weighted by atomic mass is 9.83. The van der Waals surface area contributed by atoms with Crippen molar-refractivity contribution in [2.75, 3.05) is 6.54 Å². The monoisotopic (exact) mass is 291 g/mol. The van der Waals surface area contributed by atoms with Gasteiger partial charge in [-0.15, -0.1) is 23.2 Å². The number of piperidine rings is 2. The molecule has 2 aliphatic rings. The third-order valence-corrected chi connectivity index (χ3v) is 5.70. The van der Waals surface area contributed by atoms with Crippen molar-refractivity contribution in [3.63, 3.8) is 0 Å². The molecule has 4 atom stereocenters. The van der Waals surface area contributed by atoms with Crippen LogP contribution in [0.1, 0.15) is 64.7 Å². The lowest BCUT2D eigenvalue weighted by Gasteiger charge is -2.50. The van der Waals surface area contributed by atoms with Gasteiger partial charge in [-0.25, -0.2) is 0 Å². The molecule has 2 rings (SSSR count). The van der Waals surface area contributed by atoms with E-state index in [1.807, 2.05) is 0 Å². The summed E-state index contributed by atoms with van der Waals surface area (Å²) in [5, 5.41) is 0.724. The second kappa shape index (κ2) is 7.36. The summed E-state index contributed by atoms with van der Waals surface area (Å²) < 4.78 is 0. The number of halogens is 2. The van der Waals surface area contributed by atoms with Crippen molar-refractivity contribution in [3.05, 3.63) is 0 Å². The van der Waals surface area contributed by atoms with Gasteiger partial charge in [0.25, 0.3) is 0 Å². The minimum absolute atomic E-state index is 0.362. The van der Waals surface area contributed by atoms with Gasteiger partial charge < -0.3 is 0 Å². The molecule has 3 heteroatoms. The van der Waals surface area contributed by atoms with E-state index in [-0.39, 0.29) is 0 Å². The van der Waals surface area contributed by atoms with E-state index in [0.29, 0.717) is 22.8 Å². The summed E-state index contributed by atoms with van der Waals surface area (Å²) in [6.45, 7) is 3.48. The maximum Gasteiger partial charge on any atom is 0.0492 e. The first-order valence-corrected chi connectivity index (χ1v) is 8.65. The Morgan fingerprint density at radius 1 is 0.833 bits per heavy atom. The Bertz CT molecular complexity index is 229. The fraction of sp³-hybridized carbons (Fsp3) is 1.00. The van der Waals surface area contributed by atoms with Crippen LogP contribution in [0.2, 0.25) is 0 Å². The Kier molecular flexibility index (Phi) is 6.11. The maximum absolute atomic E-state index is 6.50. The van der Waals surface area contributed by atoms with Crippen LogP contribution >= 0.6 is 23.2 Å². The van der Waals surface area contributed by atoms with Crippen LogP contribution in [0.5, 0.6) is 0 Å². The predicted molar refractivity (Wildman–Crippen MR) is 80.8 cm³/mol. The zero-order valence-corrected chi connectivity index (χ0v) is 13.1. The summed E-state index contributed by atoms with van der Waals surface area (Å²) in [5.74, 6) is 0. The van der Waals surface area contributed by atoms with Gasteiger partial charge in [0.05, 0.1) is 0 Å². The molecule has 18 heavy (non-hydrogen) atoms. The first kappa shape index (κ1) is 14.9. The van der Waals surface area contributed by atoms with Crippen LogP contribution in [0.15, 0.2) is 0 Å². The number of hydrogen-bond donors (Lipinski definition) is 0. The van der Waals surface area contributed by atoms with Gasteiger partial charge in [0, 0.05) is 22.8 Å². The molecule has 2 bridgehead atoms. The molecule has 0 spiro atoms. The van der Waals surface area contributed by atoms with Gasteiger partial charge in [-0.2, -0.15) is 0 Å². The highest BCUT2D eigenvalue weighted by Gasteiger charge is 2.42. The normalized spacial score (nSPS) is 36.8. The summed E-state index contributed by atoms with van der Waals surface area (Å²) >= 11 is 13.0. The lowest BCUT2D eigenvalue weighted by molar-refractivity contribution is 0.0449. The second-order valence-electron chi connectivity index (χ2n) is 5.97. The van der Waals surface area contributed by atoms with Crippen molar-refractivity contribution in [2.24, 2.45) is 0 Å². The molecule has 0 radical (unpaired) electrons. The molecule has 0 aromatic rings. The zero-order chi connectivity index (χ0) is 13.0. The fourth-order valence-corrected chi connectivity index (χ4v) is 4.42. The average molecular weight is 292 g/mol. The molecule has 2 heterocycles. The van der Waals surface area contributed by atoms with Crippen LogP contribution in [0.4, 0.5) is 0 Å². The molecule has 1 nitrogen and oxygen atoms in total. The fourth-order valence-electron chi connectivity index (χ4n) is 3.63. The van der Waals surface area contributed by atoms with E-state index in [9.17, 15) is 0 Å². The number of fused-ring (bicyclic) bond motifs is 2. The summed E-state index contributed by atoms with van der Waals surface area (Å²) in [7, 11) is 0. The molecule has 106 valence electrons. The van der Waals surface area contributed by atoms with Crippen molar-refractivity contribution in [1.29, 1.82) is 0 Å². The van der Waals surface area contributed by atoms with Crippen LogP contribution in [-0.4, -0.2) is 34.3 Å². The van der Waals surface area contributed by atoms with Crippen molar-refractivity contribution in [2.45, 2.75) is 87.5 Å². The van der Waals surface area contributed by atoms with Crippen LogP contribution in [0.3, 0.4) is 0 Å². The Hall–Kier alpha value is 0.540. The predicted octanol–water partition coefficient (Wildman–Crippen LogP) is 4.80. The Morgan fingerprint density at radius 2 is 1.39 bits per heavy atom. The van der Waals surface area contributed by atoms with Crippen LogP contribution in [-0.2, 0) is 0 Å². The highest BCUT2D eigenvalue weighted by Crippen LogP contribution is 2.38. The van der Waals surface area contributed by atoms with Gasteiger partial charge in [-0.05, 0) is 38.6 Å². The number of rotatable bonds is 6. The number of hydrogen-bond acceptors (Lipinski definition) is 1. The van der Waals surface area contributed by atoms with Crippen molar-refractivity contribution in [1.82, 2.24) is 4.90 Å². The van der Waals surface area contributed by atoms with E-state index in [1.165, 1.54) is 51.5 Å². The molecule has 0 aliphatic carbocycles. The molecule has 2 saturated heterocycles. The zero-order valence-electron chi connectivity index (χ0n) is 11.6. The number of alkyl halides is 2. The van der Waals surface area contributed by atoms with E-state index in [1.54, 1.807) is 0 Å². The average Bonchev–Trinajstić information content (AvgIpc) is 2.36. The molecule has 2 aliphatic heterocycles. The molecule has 0 saturated carbocycles. The SMILES string of the molecule is CCCCCCCN1[C@H]2CC[C@H](Cl)[C@@H]1CC[C@H]2Cl. The van der Waals surface area contributed by atoms with E-state index < -0.39 is 0 Å². The Labute approximate surface area is 122 Å². The molecular formula is C15H27Cl2N. The lowest BCUT2D eigenvalue weighted by Crippen LogP contribution is -2.58. The van der Waals surface area contributed by atoms with E-state index in [2.05, 4.69) is 11.8 Å². The number of nitrogens with zero attached hydrogens (tertiary/aromatic N) is 1. The summed E-state index contributed by atoms with van der Waals surface area (Å²) in [5.41, 5.74) is 0. The molecule has 0 aromatic heterocycles. The van der Waals surface area contributed by atoms with Crippen LogP contribution in [0, 0.1) is 0 Å². The highest BCUT2D eigenvalue weighted by molar-refractivity contribution is 6.22. The highest BCUT2D eigenvalue weighted by atomic mass is 35.5. The molecule has 0 aromatic carbocycles. The molecule has 0 N–H and O–H groups in total. The third kappa shape index (κ3) is 3.55. The van der Waals surface area contributed by atoms with E-state index in [0.717, 1.165) is 12.8 Å². The quantitative estimate of drug-likeness (QED) is 0.502. The van der Waals surface area contributed by atoms with Gasteiger partial charge in [-0.3, -0.25) is 4.90 Å². The molecule has 0 amide bonds. The smallest absolute Gasteiger partial charge is 0.0492 e. The van der Waals surface area contributed by atoms with Gasteiger partial charge in [0.2, 0.25) is 0 Å². The first-order chi connectivity index (χ1) is 8.74. The standard InChI is InChI=1S/C15H27Cl2N/c1-2-3-4-5-6-11-18-14-9-7-12(16)15(18)10-8-13(14)17/h12-15H,2-11H2,1H3/t12-,13+,14-,15-/m0/s1. The van der Waals surface area contributed by atoms with E-state index in [4.69, 9.17) is 23.2 Å². The van der Waals surface area contributed by atoms with Crippen LogP contribution in [0.25, 0.3) is 0 Å². The van der Waals surface area contributed by atoms with E-state index >= 15 is 0 Å². The number of unbranched alkanes of at least 4 members (excludes halogenated alkanes) is 4. The van der Waals surface area contributed by atoms with Crippen molar-refractivity contribution < 1.29 is 0 Å². The van der Waals surface area contributed by atoms with Gasteiger partial charge >= 0.3 is 0 Å². The third-order valence-electron chi connectivity index (χ3n) is 4.68. The Morgan fingerprint density at radius 3 is 1.94 bits per heavy atom. The largest absolute Gasteiger partial charge is 0.295 e. The summed E-state index contributed by atoms with van der Waals surface area (Å²) in [6.07, 6.45) is 11.5. The molecular weight excluding hydrogens is 265 g/mol. The van der Waals surface area contributed by atoms with Crippen molar-refractivity contribution >= 4 is 23.2 Å². The minimum atomic E-state index is 0.362. The first-order valence-electron chi connectivity index (χ1n) is 7.78. The molecule has 2 fully saturated rings. The summed E-state index contributed by atoms with van der Waals surface area (Å²) in [6, 6.07) is 1.21. The topological polar surface area (TPSA) is 3.24 Å². The van der Waals surface area contributed by atoms with Gasteiger partial charge in [-0.1, -0.05) is 32.6 Å². The Balaban J connectivity index is 1.81. The van der Waals surface area contributed by atoms with Crippen molar-refractivity contribution in [3.8, 4) is 0 Å². The van der Waals surface area contributed by atoms with Crippen LogP contribution < -0.4 is 0 Å². The van der Waals surface area contributed by atoms with Gasteiger partial charge in [0.1, 0.15) is 0 Å². The summed E-state index contributed by atoms with van der Waals surface area (Å²) in [4.78, 5) is 2.65. The molecule has 0 unspecified atom stereocenters. The minimum Gasteiger partial charge on any atom is -0.295 e. The maximum atomic E-state index is 6.50.